The first-order valence-corrected chi connectivity index (χ1v) is 3.64. The van der Waals surface area contributed by atoms with E-state index in [0.29, 0.717) is 16.9 Å². The van der Waals surface area contributed by atoms with Gasteiger partial charge < -0.3 is 15.8 Å². The molecule has 0 saturated carbocycles. The van der Waals surface area contributed by atoms with Gasteiger partial charge in [0.1, 0.15) is 11.2 Å². The first-order valence-electron chi connectivity index (χ1n) is 3.64. The number of aromatic nitrogens is 3. The van der Waals surface area contributed by atoms with Gasteiger partial charge in [0.15, 0.2) is 5.82 Å². The van der Waals surface area contributed by atoms with E-state index in [1.807, 2.05) is 0 Å². The molecule has 6 heteroatoms. The van der Waals surface area contributed by atoms with Gasteiger partial charge in [-0.15, -0.1) is 0 Å². The molecule has 0 aromatic carbocycles. The van der Waals surface area contributed by atoms with Crippen molar-refractivity contribution in [2.75, 3.05) is 5.73 Å². The number of fused-ring (bicyclic) bond motifs is 1. The van der Waals surface area contributed by atoms with Gasteiger partial charge in [-0.2, -0.15) is 5.10 Å². The molecule has 0 aliphatic rings. The summed E-state index contributed by atoms with van der Waals surface area (Å²) in [5, 5.41) is 12.6. The SMILES string of the molecule is Cn1nc(N)c2[nH]c(C(=O)O)cc21. The van der Waals surface area contributed by atoms with Crippen molar-refractivity contribution in [3.8, 4) is 0 Å². The van der Waals surface area contributed by atoms with E-state index in [4.69, 9.17) is 10.8 Å². The van der Waals surface area contributed by atoms with Gasteiger partial charge in [-0.25, -0.2) is 4.79 Å². The summed E-state index contributed by atoms with van der Waals surface area (Å²) < 4.78 is 1.54. The first-order chi connectivity index (χ1) is 6.09. The van der Waals surface area contributed by atoms with Crippen LogP contribution < -0.4 is 5.73 Å². The minimum atomic E-state index is -1.00. The largest absolute Gasteiger partial charge is 0.477 e. The Kier molecular flexibility index (Phi) is 1.33. The summed E-state index contributed by atoms with van der Waals surface area (Å²) in [4.78, 5) is 13.3. The second-order valence-electron chi connectivity index (χ2n) is 2.76. The maximum absolute atomic E-state index is 10.6. The molecule has 0 fully saturated rings. The number of nitrogens with two attached hydrogens (primary N) is 1. The van der Waals surface area contributed by atoms with Crippen LogP contribution in [0.3, 0.4) is 0 Å². The predicted molar refractivity (Wildman–Crippen MR) is 46.4 cm³/mol. The number of aryl methyl sites for hydroxylation is 1. The van der Waals surface area contributed by atoms with Gasteiger partial charge in [-0.05, 0) is 6.07 Å². The minimum absolute atomic E-state index is 0.120. The number of carboxylic acids is 1. The van der Waals surface area contributed by atoms with Crippen LogP contribution >= 0.6 is 0 Å². The quantitative estimate of drug-likeness (QED) is 0.583. The number of aromatic amines is 1. The fraction of sp³-hybridized carbons (Fsp3) is 0.143. The number of hydrogen-bond donors (Lipinski definition) is 3. The average Bonchev–Trinajstić information content (AvgIpc) is 2.55. The van der Waals surface area contributed by atoms with E-state index in [1.54, 1.807) is 7.05 Å². The smallest absolute Gasteiger partial charge is 0.352 e. The van der Waals surface area contributed by atoms with Crippen LogP contribution in [-0.2, 0) is 7.05 Å². The number of rotatable bonds is 1. The summed E-state index contributed by atoms with van der Waals surface area (Å²) in [6, 6.07) is 1.50. The number of nitrogen functional groups attached to an aromatic ring is 1. The van der Waals surface area contributed by atoms with E-state index in [0.717, 1.165) is 0 Å². The Hall–Kier alpha value is -1.98. The molecule has 0 radical (unpaired) electrons. The number of hydrogen-bond acceptors (Lipinski definition) is 3. The predicted octanol–water partition coefficient (Wildman–Crippen LogP) is 0.182. The molecule has 0 spiro atoms. The molecule has 4 N–H and O–H groups in total. The number of anilines is 1. The third kappa shape index (κ3) is 0.952. The molecular weight excluding hydrogens is 172 g/mol. The lowest BCUT2D eigenvalue weighted by Crippen LogP contribution is -1.97. The van der Waals surface area contributed by atoms with Crippen LogP contribution in [0, 0.1) is 0 Å². The zero-order valence-corrected chi connectivity index (χ0v) is 6.90. The lowest BCUT2D eigenvalue weighted by Gasteiger charge is -1.87. The zero-order chi connectivity index (χ0) is 9.59. The summed E-state index contributed by atoms with van der Waals surface area (Å²) in [6.45, 7) is 0. The first kappa shape index (κ1) is 7.66. The molecular formula is C7H8N4O2. The standard InChI is InChI=1S/C7H8N4O2/c1-11-4-2-3(7(12)13)9-5(4)6(8)10-11/h2,9H,1H3,(H2,8,10)(H,12,13). The van der Waals surface area contributed by atoms with Crippen LogP contribution in [0.1, 0.15) is 10.5 Å². The highest BCUT2D eigenvalue weighted by molar-refractivity contribution is 5.95. The summed E-state index contributed by atoms with van der Waals surface area (Å²) in [5.74, 6) is -0.694. The Labute approximate surface area is 73.0 Å². The molecule has 0 amide bonds. The van der Waals surface area contributed by atoms with Gasteiger partial charge in [0.25, 0.3) is 0 Å². The summed E-state index contributed by atoms with van der Waals surface area (Å²) in [6.07, 6.45) is 0. The van der Waals surface area contributed by atoms with E-state index >= 15 is 0 Å². The van der Waals surface area contributed by atoms with E-state index in [2.05, 4.69) is 10.1 Å². The van der Waals surface area contributed by atoms with Crippen LogP contribution in [0.25, 0.3) is 11.0 Å². The number of H-pyrrole nitrogens is 1. The van der Waals surface area contributed by atoms with Crippen LogP contribution in [0.2, 0.25) is 0 Å². The maximum Gasteiger partial charge on any atom is 0.352 e. The van der Waals surface area contributed by atoms with Gasteiger partial charge in [0.2, 0.25) is 0 Å². The Morgan fingerprint density at radius 2 is 2.46 bits per heavy atom. The van der Waals surface area contributed by atoms with Crippen molar-refractivity contribution in [2.24, 2.45) is 7.05 Å². The van der Waals surface area contributed by atoms with Crippen LogP contribution in [-0.4, -0.2) is 25.8 Å². The van der Waals surface area contributed by atoms with Gasteiger partial charge >= 0.3 is 5.97 Å². The zero-order valence-electron chi connectivity index (χ0n) is 6.90. The second-order valence-corrected chi connectivity index (χ2v) is 2.76. The molecule has 6 nitrogen and oxygen atoms in total. The Bertz CT molecular complexity index is 447. The Morgan fingerprint density at radius 1 is 1.77 bits per heavy atom. The molecule has 2 aromatic heterocycles. The third-order valence-corrected chi connectivity index (χ3v) is 1.89. The lowest BCUT2D eigenvalue weighted by atomic mass is 10.4. The molecule has 2 aromatic rings. The van der Waals surface area contributed by atoms with Crippen molar-refractivity contribution in [3.63, 3.8) is 0 Å². The molecule has 0 aliphatic carbocycles. The topological polar surface area (TPSA) is 96.9 Å². The van der Waals surface area contributed by atoms with E-state index in [9.17, 15) is 4.79 Å². The van der Waals surface area contributed by atoms with Gasteiger partial charge in [0.05, 0.1) is 5.52 Å². The van der Waals surface area contributed by atoms with Crippen LogP contribution in [0.5, 0.6) is 0 Å². The normalized spacial score (nSPS) is 10.8. The van der Waals surface area contributed by atoms with Crippen molar-refractivity contribution in [3.05, 3.63) is 11.8 Å². The van der Waals surface area contributed by atoms with E-state index in [-0.39, 0.29) is 5.69 Å². The molecule has 2 heterocycles. The van der Waals surface area contributed by atoms with Gasteiger partial charge in [-0.3, -0.25) is 4.68 Å². The molecule has 13 heavy (non-hydrogen) atoms. The summed E-state index contributed by atoms with van der Waals surface area (Å²) >= 11 is 0. The highest BCUT2D eigenvalue weighted by Crippen LogP contribution is 2.19. The van der Waals surface area contributed by atoms with Crippen molar-refractivity contribution in [1.29, 1.82) is 0 Å². The van der Waals surface area contributed by atoms with Crippen molar-refractivity contribution in [2.45, 2.75) is 0 Å². The molecule has 2 rings (SSSR count). The molecule has 0 atom stereocenters. The van der Waals surface area contributed by atoms with E-state index < -0.39 is 5.97 Å². The fourth-order valence-corrected chi connectivity index (χ4v) is 1.27. The second kappa shape index (κ2) is 2.25. The van der Waals surface area contributed by atoms with Crippen molar-refractivity contribution in [1.82, 2.24) is 14.8 Å². The molecule has 0 saturated heterocycles. The summed E-state index contributed by atoms with van der Waals surface area (Å²) in [7, 11) is 1.71. The maximum atomic E-state index is 10.6. The number of carbonyl (C=O) groups is 1. The Morgan fingerprint density at radius 3 is 3.00 bits per heavy atom. The molecule has 0 unspecified atom stereocenters. The minimum Gasteiger partial charge on any atom is -0.477 e. The highest BCUT2D eigenvalue weighted by atomic mass is 16.4. The van der Waals surface area contributed by atoms with Gasteiger partial charge in [0, 0.05) is 7.05 Å². The summed E-state index contributed by atoms with van der Waals surface area (Å²) in [5.41, 5.74) is 6.91. The molecule has 68 valence electrons. The van der Waals surface area contributed by atoms with Crippen molar-refractivity contribution < 1.29 is 9.90 Å². The number of aromatic carboxylic acids is 1. The Balaban J connectivity index is 2.76. The van der Waals surface area contributed by atoms with Crippen LogP contribution in [0.15, 0.2) is 6.07 Å². The van der Waals surface area contributed by atoms with Gasteiger partial charge in [-0.1, -0.05) is 0 Å². The molecule has 0 bridgehead atoms. The highest BCUT2D eigenvalue weighted by Gasteiger charge is 2.12. The molecule has 0 aliphatic heterocycles. The average molecular weight is 180 g/mol. The number of nitrogens with one attached hydrogen (secondary N) is 1. The van der Waals surface area contributed by atoms with Crippen LogP contribution in [0.4, 0.5) is 5.82 Å². The monoisotopic (exact) mass is 180 g/mol. The number of carboxylic acid groups (broad SMARTS) is 1. The lowest BCUT2D eigenvalue weighted by molar-refractivity contribution is 0.0691. The number of nitrogens with zero attached hydrogens (tertiary/aromatic N) is 2. The van der Waals surface area contributed by atoms with Crippen molar-refractivity contribution >= 4 is 22.8 Å². The third-order valence-electron chi connectivity index (χ3n) is 1.89. The fourth-order valence-electron chi connectivity index (χ4n) is 1.27. The van der Waals surface area contributed by atoms with E-state index in [1.165, 1.54) is 10.7 Å².